The van der Waals surface area contributed by atoms with Crippen molar-refractivity contribution in [3.05, 3.63) is 71.0 Å². The van der Waals surface area contributed by atoms with E-state index in [0.717, 1.165) is 12.8 Å². The number of ether oxygens (including phenoxy) is 1. The van der Waals surface area contributed by atoms with Gasteiger partial charge in [0.2, 0.25) is 0 Å². The van der Waals surface area contributed by atoms with Gasteiger partial charge in [0.25, 0.3) is 5.56 Å². The second kappa shape index (κ2) is 7.05. The fraction of sp³-hybridized carbons (Fsp3) is 0.222. The van der Waals surface area contributed by atoms with Gasteiger partial charge < -0.3 is 4.74 Å². The molecule has 0 saturated carbocycles. The summed E-state index contributed by atoms with van der Waals surface area (Å²) in [5.74, 6) is 0.372. The maximum Gasteiger partial charge on any atom is 0.261 e. The predicted octanol–water partition coefficient (Wildman–Crippen LogP) is 3.39. The third-order valence-corrected chi connectivity index (χ3v) is 3.61. The lowest BCUT2D eigenvalue weighted by molar-refractivity contribution is 0.302. The van der Waals surface area contributed by atoms with Crippen LogP contribution in [0, 0.1) is 5.82 Å². The Morgan fingerprint density at radius 1 is 1.04 bits per heavy atom. The van der Waals surface area contributed by atoms with Crippen molar-refractivity contribution in [3.8, 4) is 5.75 Å². The molecule has 0 radical (unpaired) electrons. The fourth-order valence-electron chi connectivity index (χ4n) is 2.37. The first kappa shape index (κ1) is 15.2. The van der Waals surface area contributed by atoms with Gasteiger partial charge in [-0.05, 0) is 49.2 Å². The van der Waals surface area contributed by atoms with Crippen LogP contribution in [0.3, 0.4) is 0 Å². The molecule has 0 aliphatic rings. The van der Waals surface area contributed by atoms with E-state index in [1.54, 1.807) is 29.1 Å². The minimum absolute atomic E-state index is 0.0185. The molecule has 23 heavy (non-hydrogen) atoms. The summed E-state index contributed by atoms with van der Waals surface area (Å²) >= 11 is 0. The average Bonchev–Trinajstić information content (AvgIpc) is 2.58. The van der Waals surface area contributed by atoms with Crippen molar-refractivity contribution in [2.24, 2.45) is 0 Å². The largest absolute Gasteiger partial charge is 0.494 e. The minimum Gasteiger partial charge on any atom is -0.494 e. The molecule has 0 aliphatic carbocycles. The van der Waals surface area contributed by atoms with Gasteiger partial charge in [-0.15, -0.1) is 0 Å². The Morgan fingerprint density at radius 3 is 2.65 bits per heavy atom. The molecule has 1 aromatic heterocycles. The highest BCUT2D eigenvalue weighted by atomic mass is 19.1. The second-order valence-corrected chi connectivity index (χ2v) is 5.27. The van der Waals surface area contributed by atoms with Crippen molar-refractivity contribution in [2.75, 3.05) is 6.61 Å². The number of para-hydroxylation sites is 1. The molecule has 0 N–H and O–H groups in total. The number of nitrogens with zero attached hydrogens (tertiary/aromatic N) is 2. The molecular weight excluding hydrogens is 295 g/mol. The van der Waals surface area contributed by atoms with E-state index in [-0.39, 0.29) is 11.4 Å². The SMILES string of the molecule is O=c1c2ccccc2ncn1CCCCOc1ccc(F)cc1. The van der Waals surface area contributed by atoms with E-state index in [2.05, 4.69) is 4.98 Å². The van der Waals surface area contributed by atoms with E-state index in [1.165, 1.54) is 12.1 Å². The maximum atomic E-state index is 12.8. The number of benzene rings is 2. The highest BCUT2D eigenvalue weighted by molar-refractivity contribution is 5.76. The summed E-state index contributed by atoms with van der Waals surface area (Å²) in [5.41, 5.74) is 0.698. The Kier molecular flexibility index (Phi) is 4.66. The number of fused-ring (bicyclic) bond motifs is 1. The summed E-state index contributed by atoms with van der Waals surface area (Å²) in [6, 6.07) is 13.3. The number of unbranched alkanes of at least 4 members (excludes halogenated alkanes) is 1. The molecule has 4 nitrogen and oxygen atoms in total. The Hall–Kier alpha value is -2.69. The van der Waals surface area contributed by atoms with Crippen LogP contribution in [-0.2, 0) is 6.54 Å². The highest BCUT2D eigenvalue weighted by Crippen LogP contribution is 2.11. The van der Waals surface area contributed by atoms with Gasteiger partial charge in [0.05, 0.1) is 23.8 Å². The molecule has 0 bridgehead atoms. The zero-order valence-electron chi connectivity index (χ0n) is 12.6. The Balaban J connectivity index is 1.52. The van der Waals surface area contributed by atoms with Crippen LogP contribution in [0.1, 0.15) is 12.8 Å². The van der Waals surface area contributed by atoms with Crippen LogP contribution in [0.5, 0.6) is 5.75 Å². The number of rotatable bonds is 6. The van der Waals surface area contributed by atoms with Crippen molar-refractivity contribution in [3.63, 3.8) is 0 Å². The van der Waals surface area contributed by atoms with Crippen LogP contribution in [0.15, 0.2) is 59.7 Å². The standard InChI is InChI=1S/C18H17FN2O2/c19-14-7-9-15(10-8-14)23-12-4-3-11-21-13-20-17-6-2-1-5-16(17)18(21)22/h1-2,5-10,13H,3-4,11-12H2. The zero-order chi connectivity index (χ0) is 16.1. The first-order chi connectivity index (χ1) is 11.2. The maximum absolute atomic E-state index is 12.8. The van der Waals surface area contributed by atoms with Crippen LogP contribution in [0.25, 0.3) is 10.9 Å². The number of aryl methyl sites for hydroxylation is 1. The van der Waals surface area contributed by atoms with Crippen LogP contribution in [0.2, 0.25) is 0 Å². The molecule has 0 saturated heterocycles. The molecule has 118 valence electrons. The molecule has 0 atom stereocenters. The molecule has 2 aromatic carbocycles. The molecule has 1 heterocycles. The fourth-order valence-corrected chi connectivity index (χ4v) is 2.37. The summed E-state index contributed by atoms with van der Waals surface area (Å²) in [7, 11) is 0. The lowest BCUT2D eigenvalue weighted by Crippen LogP contribution is -2.20. The molecule has 0 amide bonds. The molecule has 3 aromatic rings. The minimum atomic E-state index is -0.277. The van der Waals surface area contributed by atoms with Gasteiger partial charge in [-0.2, -0.15) is 0 Å². The lowest BCUT2D eigenvalue weighted by atomic mass is 10.2. The van der Waals surface area contributed by atoms with Gasteiger partial charge in [0.1, 0.15) is 11.6 Å². The van der Waals surface area contributed by atoms with Gasteiger partial charge in [0, 0.05) is 6.54 Å². The molecule has 5 heteroatoms. The molecule has 3 rings (SSSR count). The van der Waals surface area contributed by atoms with Crippen LogP contribution < -0.4 is 10.3 Å². The van der Waals surface area contributed by atoms with Gasteiger partial charge in [-0.3, -0.25) is 9.36 Å². The van der Waals surface area contributed by atoms with E-state index >= 15 is 0 Å². The second-order valence-electron chi connectivity index (χ2n) is 5.27. The first-order valence-electron chi connectivity index (χ1n) is 7.56. The van der Waals surface area contributed by atoms with Crippen LogP contribution in [-0.4, -0.2) is 16.2 Å². The van der Waals surface area contributed by atoms with Gasteiger partial charge in [0.15, 0.2) is 0 Å². The van der Waals surface area contributed by atoms with Gasteiger partial charge in [-0.25, -0.2) is 9.37 Å². The summed E-state index contributed by atoms with van der Waals surface area (Å²) < 4.78 is 19.9. The summed E-state index contributed by atoms with van der Waals surface area (Å²) in [6.45, 7) is 1.13. The smallest absolute Gasteiger partial charge is 0.261 e. The molecule has 0 spiro atoms. The topological polar surface area (TPSA) is 44.1 Å². The van der Waals surface area contributed by atoms with Crippen LogP contribution in [0.4, 0.5) is 4.39 Å². The van der Waals surface area contributed by atoms with Gasteiger partial charge in [-0.1, -0.05) is 12.1 Å². The van der Waals surface area contributed by atoms with Crippen molar-refractivity contribution >= 4 is 10.9 Å². The average molecular weight is 312 g/mol. The Labute approximate surface area is 133 Å². The van der Waals surface area contributed by atoms with Gasteiger partial charge >= 0.3 is 0 Å². The van der Waals surface area contributed by atoms with E-state index in [1.807, 2.05) is 18.2 Å². The first-order valence-corrected chi connectivity index (χ1v) is 7.56. The molecular formula is C18H17FN2O2. The normalized spacial score (nSPS) is 10.8. The van der Waals surface area contributed by atoms with E-state index in [0.29, 0.717) is 29.8 Å². The third-order valence-electron chi connectivity index (χ3n) is 3.61. The van der Waals surface area contributed by atoms with Crippen molar-refractivity contribution in [1.82, 2.24) is 9.55 Å². The molecule has 0 aliphatic heterocycles. The predicted molar refractivity (Wildman–Crippen MR) is 87.1 cm³/mol. The highest BCUT2D eigenvalue weighted by Gasteiger charge is 2.03. The van der Waals surface area contributed by atoms with Crippen LogP contribution >= 0.6 is 0 Å². The van der Waals surface area contributed by atoms with Crippen molar-refractivity contribution in [2.45, 2.75) is 19.4 Å². The van der Waals surface area contributed by atoms with Crippen molar-refractivity contribution in [1.29, 1.82) is 0 Å². The zero-order valence-corrected chi connectivity index (χ0v) is 12.6. The molecule has 0 fully saturated rings. The lowest BCUT2D eigenvalue weighted by Gasteiger charge is -2.08. The quantitative estimate of drug-likeness (QED) is 0.655. The summed E-state index contributed by atoms with van der Waals surface area (Å²) in [4.78, 5) is 16.6. The summed E-state index contributed by atoms with van der Waals surface area (Å²) in [5, 5.41) is 0.637. The number of halogens is 1. The van der Waals surface area contributed by atoms with E-state index in [9.17, 15) is 9.18 Å². The van der Waals surface area contributed by atoms with E-state index in [4.69, 9.17) is 4.74 Å². The number of hydrogen-bond acceptors (Lipinski definition) is 3. The summed E-state index contributed by atoms with van der Waals surface area (Å²) in [6.07, 6.45) is 3.20. The number of aromatic nitrogens is 2. The van der Waals surface area contributed by atoms with Crippen molar-refractivity contribution < 1.29 is 9.13 Å². The van der Waals surface area contributed by atoms with E-state index < -0.39 is 0 Å². The number of hydrogen-bond donors (Lipinski definition) is 0. The Morgan fingerprint density at radius 2 is 1.83 bits per heavy atom. The third kappa shape index (κ3) is 3.74. The monoisotopic (exact) mass is 312 g/mol. The Bertz CT molecular complexity index is 844. The molecule has 0 unspecified atom stereocenters.